The van der Waals surface area contributed by atoms with Gasteiger partial charge in [-0.2, -0.15) is 5.26 Å². The summed E-state index contributed by atoms with van der Waals surface area (Å²) < 4.78 is 2.23. The molecule has 0 saturated heterocycles. The topological polar surface area (TPSA) is 54.7 Å². The summed E-state index contributed by atoms with van der Waals surface area (Å²) in [5, 5.41) is 10.5. The Balaban J connectivity index is 2.26. The molecule has 0 aliphatic rings. The fourth-order valence-electron chi connectivity index (χ4n) is 2.37. The van der Waals surface area contributed by atoms with Gasteiger partial charge in [-0.25, -0.2) is 0 Å². The molecule has 100 valence electrons. The number of benzene rings is 1. The maximum absolute atomic E-state index is 8.56. The molecule has 1 heterocycles. The highest BCUT2D eigenvalue weighted by atomic mass is 35.5. The summed E-state index contributed by atoms with van der Waals surface area (Å²) in [6.45, 7) is 1.57. The van der Waals surface area contributed by atoms with Crippen LogP contribution in [0.3, 0.4) is 0 Å². The molecule has 0 saturated carbocycles. The molecule has 0 aliphatic heterocycles. The third-order valence-corrected chi connectivity index (χ3v) is 3.51. The van der Waals surface area contributed by atoms with Crippen molar-refractivity contribution in [1.82, 2.24) is 4.57 Å². The molecule has 2 N–H and O–H groups in total. The largest absolute Gasteiger partial charge is 0.347 e. The number of nitrogens with two attached hydrogens (primary N) is 1. The third kappa shape index (κ3) is 3.28. The molecular weight excluding hydrogens is 258 g/mol. The van der Waals surface area contributed by atoms with E-state index in [0.29, 0.717) is 13.0 Å². The molecule has 0 aliphatic carbocycles. The van der Waals surface area contributed by atoms with Crippen molar-refractivity contribution in [3.05, 3.63) is 35.0 Å². The minimum absolute atomic E-state index is 0.621. The second kappa shape index (κ2) is 6.60. The molecule has 0 unspecified atom stereocenters. The van der Waals surface area contributed by atoms with Crippen LogP contribution in [0.25, 0.3) is 10.9 Å². The van der Waals surface area contributed by atoms with Crippen LogP contribution in [0.4, 0.5) is 0 Å². The highest BCUT2D eigenvalue weighted by Crippen LogP contribution is 2.25. The average Bonchev–Trinajstić information content (AvgIpc) is 2.73. The van der Waals surface area contributed by atoms with E-state index >= 15 is 0 Å². The van der Waals surface area contributed by atoms with Crippen molar-refractivity contribution in [2.45, 2.75) is 32.2 Å². The van der Waals surface area contributed by atoms with Gasteiger partial charge in [0.25, 0.3) is 0 Å². The highest BCUT2D eigenvalue weighted by molar-refractivity contribution is 6.31. The van der Waals surface area contributed by atoms with Crippen LogP contribution in [-0.2, 0) is 13.0 Å². The third-order valence-electron chi connectivity index (χ3n) is 3.28. The maximum atomic E-state index is 8.56. The standard InChI is InChI=1S/C15H18ClN3/c16-13-4-5-14-12(6-8-18)11-19(15(14)10-13)9-3-1-2-7-17/h4-5,10-11H,1-3,6,8-9,18H2. The predicted octanol–water partition coefficient (Wildman–Crippen LogP) is 3.49. The van der Waals surface area contributed by atoms with Gasteiger partial charge in [-0.1, -0.05) is 17.7 Å². The zero-order chi connectivity index (χ0) is 13.7. The summed E-state index contributed by atoms with van der Waals surface area (Å²) in [5.41, 5.74) is 8.09. The molecule has 19 heavy (non-hydrogen) atoms. The Morgan fingerprint density at radius 1 is 1.32 bits per heavy atom. The molecule has 3 nitrogen and oxygen atoms in total. The normalized spacial score (nSPS) is 10.8. The van der Waals surface area contributed by atoms with Gasteiger partial charge in [0.15, 0.2) is 0 Å². The Bertz CT molecular complexity index is 595. The van der Waals surface area contributed by atoms with Crippen LogP contribution in [-0.4, -0.2) is 11.1 Å². The number of halogens is 1. The first-order valence-corrected chi connectivity index (χ1v) is 6.98. The SMILES string of the molecule is N#CCCCCn1cc(CCN)c2ccc(Cl)cc21. The summed E-state index contributed by atoms with van der Waals surface area (Å²) in [6, 6.07) is 8.16. The molecule has 0 radical (unpaired) electrons. The van der Waals surface area contributed by atoms with Gasteiger partial charge >= 0.3 is 0 Å². The number of rotatable bonds is 6. The Morgan fingerprint density at radius 2 is 2.16 bits per heavy atom. The fraction of sp³-hybridized carbons (Fsp3) is 0.400. The van der Waals surface area contributed by atoms with E-state index in [2.05, 4.69) is 22.9 Å². The Labute approximate surface area is 118 Å². The lowest BCUT2D eigenvalue weighted by Crippen LogP contribution is -2.02. The zero-order valence-electron chi connectivity index (χ0n) is 10.9. The molecule has 0 atom stereocenters. The summed E-state index contributed by atoms with van der Waals surface area (Å²) in [5.74, 6) is 0. The van der Waals surface area contributed by atoms with Crippen LogP contribution < -0.4 is 5.73 Å². The van der Waals surface area contributed by atoms with Crippen LogP contribution in [0.15, 0.2) is 24.4 Å². The van der Waals surface area contributed by atoms with Crippen molar-refractivity contribution in [2.24, 2.45) is 5.73 Å². The number of unbranched alkanes of at least 4 members (excludes halogenated alkanes) is 2. The van der Waals surface area contributed by atoms with E-state index in [1.165, 1.54) is 10.9 Å². The van der Waals surface area contributed by atoms with Gasteiger partial charge in [0, 0.05) is 35.1 Å². The van der Waals surface area contributed by atoms with Gasteiger partial charge in [0.2, 0.25) is 0 Å². The summed E-state index contributed by atoms with van der Waals surface area (Å²) in [7, 11) is 0. The van der Waals surface area contributed by atoms with Crippen molar-refractivity contribution < 1.29 is 0 Å². The van der Waals surface area contributed by atoms with Gasteiger partial charge in [0.1, 0.15) is 0 Å². The Morgan fingerprint density at radius 3 is 2.89 bits per heavy atom. The first kappa shape index (κ1) is 13.9. The highest BCUT2D eigenvalue weighted by Gasteiger charge is 2.08. The zero-order valence-corrected chi connectivity index (χ0v) is 11.7. The first-order valence-electron chi connectivity index (χ1n) is 6.60. The van der Waals surface area contributed by atoms with E-state index < -0.39 is 0 Å². The molecule has 1 aromatic carbocycles. The van der Waals surface area contributed by atoms with E-state index in [-0.39, 0.29) is 0 Å². The molecule has 0 amide bonds. The van der Waals surface area contributed by atoms with Gasteiger partial charge < -0.3 is 10.3 Å². The van der Waals surface area contributed by atoms with E-state index in [9.17, 15) is 0 Å². The first-order chi connectivity index (χ1) is 9.26. The van der Waals surface area contributed by atoms with Crippen molar-refractivity contribution >= 4 is 22.5 Å². The molecule has 2 aromatic rings. The molecule has 1 aromatic heterocycles. The van der Waals surface area contributed by atoms with Crippen LogP contribution in [0, 0.1) is 11.3 Å². The van der Waals surface area contributed by atoms with Crippen LogP contribution in [0.5, 0.6) is 0 Å². The van der Waals surface area contributed by atoms with E-state index in [1.807, 2.05) is 12.1 Å². The lowest BCUT2D eigenvalue weighted by molar-refractivity contribution is 0.630. The molecular formula is C15H18ClN3. The van der Waals surface area contributed by atoms with Crippen LogP contribution in [0.1, 0.15) is 24.8 Å². The lowest BCUT2D eigenvalue weighted by atomic mass is 10.1. The number of hydrogen-bond donors (Lipinski definition) is 1. The minimum atomic E-state index is 0.621. The monoisotopic (exact) mass is 275 g/mol. The number of nitriles is 1. The van der Waals surface area contributed by atoms with Crippen LogP contribution >= 0.6 is 11.6 Å². The van der Waals surface area contributed by atoms with Crippen molar-refractivity contribution in [3.63, 3.8) is 0 Å². The van der Waals surface area contributed by atoms with E-state index in [0.717, 1.165) is 36.3 Å². The van der Waals surface area contributed by atoms with Crippen molar-refractivity contribution in [2.75, 3.05) is 6.54 Å². The maximum Gasteiger partial charge on any atom is 0.0621 e. The fourth-order valence-corrected chi connectivity index (χ4v) is 2.53. The number of aromatic nitrogens is 1. The number of hydrogen-bond acceptors (Lipinski definition) is 2. The summed E-state index contributed by atoms with van der Waals surface area (Å²) in [4.78, 5) is 0. The van der Waals surface area contributed by atoms with Crippen molar-refractivity contribution in [1.29, 1.82) is 5.26 Å². The Kier molecular flexibility index (Phi) is 4.84. The second-order valence-electron chi connectivity index (χ2n) is 4.66. The second-order valence-corrected chi connectivity index (χ2v) is 5.10. The summed E-state index contributed by atoms with van der Waals surface area (Å²) >= 11 is 6.08. The molecule has 0 fully saturated rings. The molecule has 4 heteroatoms. The lowest BCUT2D eigenvalue weighted by Gasteiger charge is -2.04. The molecule has 0 spiro atoms. The predicted molar refractivity (Wildman–Crippen MR) is 79.2 cm³/mol. The molecule has 2 rings (SSSR count). The smallest absolute Gasteiger partial charge is 0.0621 e. The van der Waals surface area contributed by atoms with Crippen molar-refractivity contribution in [3.8, 4) is 6.07 Å². The van der Waals surface area contributed by atoms with Crippen LogP contribution in [0.2, 0.25) is 5.02 Å². The number of aryl methyl sites for hydroxylation is 1. The number of nitrogens with zero attached hydrogens (tertiary/aromatic N) is 2. The van der Waals surface area contributed by atoms with E-state index in [1.54, 1.807) is 0 Å². The number of fused-ring (bicyclic) bond motifs is 1. The van der Waals surface area contributed by atoms with E-state index in [4.69, 9.17) is 22.6 Å². The van der Waals surface area contributed by atoms with Gasteiger partial charge in [-0.05, 0) is 43.5 Å². The summed E-state index contributed by atoms with van der Waals surface area (Å²) in [6.07, 6.45) is 5.61. The Hall–Kier alpha value is -1.50. The minimum Gasteiger partial charge on any atom is -0.347 e. The van der Waals surface area contributed by atoms with Gasteiger partial charge in [-0.3, -0.25) is 0 Å². The van der Waals surface area contributed by atoms with Gasteiger partial charge in [-0.15, -0.1) is 0 Å². The quantitative estimate of drug-likeness (QED) is 0.821. The van der Waals surface area contributed by atoms with Gasteiger partial charge in [0.05, 0.1) is 6.07 Å². The average molecular weight is 276 g/mol. The molecule has 0 bridgehead atoms.